The molecule has 0 N–H and O–H groups in total. The van der Waals surface area contributed by atoms with Crippen LogP contribution < -0.4 is 9.64 Å². The van der Waals surface area contributed by atoms with Crippen molar-refractivity contribution in [1.29, 1.82) is 0 Å². The zero-order valence-electron chi connectivity index (χ0n) is 24.8. The third-order valence-electron chi connectivity index (χ3n) is 8.86. The van der Waals surface area contributed by atoms with Crippen LogP contribution >= 0.6 is 11.6 Å². The molecule has 2 unspecified atom stereocenters. The van der Waals surface area contributed by atoms with Crippen LogP contribution in [0.15, 0.2) is 42.5 Å². The minimum atomic E-state index is -0.374. The van der Waals surface area contributed by atoms with E-state index in [2.05, 4.69) is 4.90 Å². The molecular weight excluding hydrogens is 556 g/mol. The molecule has 0 spiro atoms. The Bertz CT molecular complexity index is 1280. The summed E-state index contributed by atoms with van der Waals surface area (Å²) in [5.74, 6) is 1.72. The minimum absolute atomic E-state index is 0.0536. The van der Waals surface area contributed by atoms with E-state index >= 15 is 0 Å². The number of methoxy groups -OCH3 is 1. The Hall–Kier alpha value is -3.30. The fourth-order valence-electron chi connectivity index (χ4n) is 6.40. The summed E-state index contributed by atoms with van der Waals surface area (Å²) >= 11 is 6.42. The van der Waals surface area contributed by atoms with Crippen molar-refractivity contribution in [1.82, 2.24) is 14.7 Å². The van der Waals surface area contributed by atoms with Gasteiger partial charge in [-0.15, -0.1) is 0 Å². The Morgan fingerprint density at radius 2 is 1.69 bits per heavy atom. The third-order valence-corrected chi connectivity index (χ3v) is 9.27. The molecule has 0 radical (unpaired) electrons. The zero-order valence-corrected chi connectivity index (χ0v) is 25.5. The Balaban J connectivity index is 1.14. The van der Waals surface area contributed by atoms with Gasteiger partial charge in [0.1, 0.15) is 11.9 Å². The number of nitrogens with zero attached hydrogens (tertiary/aromatic N) is 4. The summed E-state index contributed by atoms with van der Waals surface area (Å²) in [5, 5.41) is 0.612. The number of piperidine rings is 1. The SMILES string of the molecule is COc1cccc(C(=O)N2CC3CN(CCCN(C(=O)OC4CCN(C(C)=O)CC4)c4ccc(C)c(Cl)c4)CC3C2)c1. The highest BCUT2D eigenvalue weighted by Crippen LogP contribution is 2.32. The first-order valence-corrected chi connectivity index (χ1v) is 15.2. The summed E-state index contributed by atoms with van der Waals surface area (Å²) in [5.41, 5.74) is 2.34. The molecular formula is C32H41ClN4O5. The van der Waals surface area contributed by atoms with E-state index in [1.165, 1.54) is 0 Å². The summed E-state index contributed by atoms with van der Waals surface area (Å²) < 4.78 is 11.2. The number of ether oxygens (including phenoxy) is 2. The standard InChI is InChI=1S/C32H41ClN4O5/c1-22-8-9-27(17-30(22)33)37(32(40)42-28-10-14-35(15-11-28)23(2)38)13-5-12-34-18-25-20-36(21-26(25)19-34)31(39)24-6-4-7-29(16-24)41-3/h4,6-9,16-17,25-26,28H,5,10-15,18-21H2,1-3H3. The number of aryl methyl sites for hydroxylation is 1. The van der Waals surface area contributed by atoms with Gasteiger partial charge in [-0.1, -0.05) is 23.7 Å². The molecule has 2 aromatic rings. The van der Waals surface area contributed by atoms with Crippen molar-refractivity contribution < 1.29 is 23.9 Å². The highest BCUT2D eigenvalue weighted by atomic mass is 35.5. The number of likely N-dealkylation sites (tertiary alicyclic amines) is 3. The quantitative estimate of drug-likeness (QED) is 0.439. The van der Waals surface area contributed by atoms with Crippen LogP contribution in [0, 0.1) is 18.8 Å². The first-order chi connectivity index (χ1) is 20.2. The second-order valence-electron chi connectivity index (χ2n) is 11.7. The smallest absolute Gasteiger partial charge is 0.414 e. The molecule has 3 aliphatic rings. The molecule has 42 heavy (non-hydrogen) atoms. The predicted molar refractivity (Wildman–Crippen MR) is 162 cm³/mol. The molecule has 3 heterocycles. The van der Waals surface area contributed by atoms with Gasteiger partial charge < -0.3 is 24.2 Å². The average molecular weight is 597 g/mol. The number of anilines is 1. The first-order valence-electron chi connectivity index (χ1n) is 14.9. The van der Waals surface area contributed by atoms with Crippen LogP contribution in [0.5, 0.6) is 5.75 Å². The first kappa shape index (κ1) is 30.2. The maximum absolute atomic E-state index is 13.4. The summed E-state index contributed by atoms with van der Waals surface area (Å²) in [7, 11) is 1.61. The maximum Gasteiger partial charge on any atom is 0.414 e. The number of amides is 3. The van der Waals surface area contributed by atoms with Crippen LogP contribution in [0.1, 0.15) is 42.1 Å². The number of hydrogen-bond acceptors (Lipinski definition) is 6. The lowest BCUT2D eigenvalue weighted by molar-refractivity contribution is -0.130. The van der Waals surface area contributed by atoms with Gasteiger partial charge in [0.25, 0.3) is 5.91 Å². The maximum atomic E-state index is 13.4. The third kappa shape index (κ3) is 7.01. The van der Waals surface area contributed by atoms with Crippen molar-refractivity contribution in [2.75, 3.05) is 64.4 Å². The molecule has 0 saturated carbocycles. The number of halogens is 1. The summed E-state index contributed by atoms with van der Waals surface area (Å²) in [6, 6.07) is 13.0. The van der Waals surface area contributed by atoms with E-state index in [-0.39, 0.29) is 24.0 Å². The molecule has 0 aromatic heterocycles. The molecule has 3 aliphatic heterocycles. The van der Waals surface area contributed by atoms with Crippen molar-refractivity contribution in [3.8, 4) is 5.75 Å². The van der Waals surface area contributed by atoms with Crippen molar-refractivity contribution in [3.05, 3.63) is 58.6 Å². The van der Waals surface area contributed by atoms with Gasteiger partial charge in [0.05, 0.1) is 7.11 Å². The Labute approximate surface area is 253 Å². The zero-order chi connectivity index (χ0) is 29.8. The summed E-state index contributed by atoms with van der Waals surface area (Å²) in [6.45, 7) is 9.50. The van der Waals surface area contributed by atoms with E-state index in [9.17, 15) is 14.4 Å². The lowest BCUT2D eigenvalue weighted by Crippen LogP contribution is -2.43. The molecule has 10 heteroatoms. The number of carbonyl (C=O) groups excluding carboxylic acids is 3. The normalized spacial score (nSPS) is 20.9. The monoisotopic (exact) mass is 596 g/mol. The number of carbonyl (C=O) groups is 3. The molecule has 0 bridgehead atoms. The fourth-order valence-corrected chi connectivity index (χ4v) is 6.57. The molecule has 5 rings (SSSR count). The number of benzene rings is 2. The molecule has 9 nitrogen and oxygen atoms in total. The predicted octanol–water partition coefficient (Wildman–Crippen LogP) is 4.71. The van der Waals surface area contributed by atoms with Gasteiger partial charge in [-0.05, 0) is 67.6 Å². The van der Waals surface area contributed by atoms with Crippen molar-refractivity contribution in [3.63, 3.8) is 0 Å². The van der Waals surface area contributed by atoms with Gasteiger partial charge in [-0.2, -0.15) is 0 Å². The second-order valence-corrected chi connectivity index (χ2v) is 12.2. The van der Waals surface area contributed by atoms with E-state index in [0.717, 1.165) is 50.4 Å². The van der Waals surface area contributed by atoms with Crippen LogP contribution in [-0.4, -0.2) is 98.2 Å². The number of hydrogen-bond donors (Lipinski definition) is 0. The minimum Gasteiger partial charge on any atom is -0.497 e. The highest BCUT2D eigenvalue weighted by molar-refractivity contribution is 6.31. The second kappa shape index (κ2) is 13.3. The van der Waals surface area contributed by atoms with Crippen molar-refractivity contribution >= 4 is 35.2 Å². The van der Waals surface area contributed by atoms with E-state index in [4.69, 9.17) is 21.1 Å². The van der Waals surface area contributed by atoms with Crippen LogP contribution in [0.4, 0.5) is 10.5 Å². The van der Waals surface area contributed by atoms with E-state index in [0.29, 0.717) is 60.6 Å². The lowest BCUT2D eigenvalue weighted by Gasteiger charge is -2.32. The van der Waals surface area contributed by atoms with Gasteiger partial charge >= 0.3 is 6.09 Å². The van der Waals surface area contributed by atoms with Gasteiger partial charge in [-0.25, -0.2) is 4.79 Å². The van der Waals surface area contributed by atoms with E-state index < -0.39 is 0 Å². The van der Waals surface area contributed by atoms with Crippen molar-refractivity contribution in [2.45, 2.75) is 39.2 Å². The molecule has 226 valence electrons. The molecule has 2 aromatic carbocycles. The van der Waals surface area contributed by atoms with Crippen LogP contribution in [0.3, 0.4) is 0 Å². The molecule has 3 amide bonds. The van der Waals surface area contributed by atoms with Crippen LogP contribution in [0.25, 0.3) is 0 Å². The van der Waals surface area contributed by atoms with Crippen LogP contribution in [-0.2, 0) is 9.53 Å². The summed E-state index contributed by atoms with van der Waals surface area (Å²) in [6.07, 6.45) is 1.48. The number of rotatable bonds is 8. The topological polar surface area (TPSA) is 82.6 Å². The lowest BCUT2D eigenvalue weighted by atomic mass is 10.0. The highest BCUT2D eigenvalue weighted by Gasteiger charge is 2.41. The Kier molecular flexibility index (Phi) is 9.58. The van der Waals surface area contributed by atoms with Gasteiger partial charge in [-0.3, -0.25) is 14.5 Å². The van der Waals surface area contributed by atoms with E-state index in [1.54, 1.807) is 29.9 Å². The van der Waals surface area contributed by atoms with Gasteiger partial charge in [0.15, 0.2) is 0 Å². The number of fused-ring (bicyclic) bond motifs is 1. The van der Waals surface area contributed by atoms with Crippen molar-refractivity contribution in [2.24, 2.45) is 11.8 Å². The van der Waals surface area contributed by atoms with E-state index in [1.807, 2.05) is 48.2 Å². The largest absolute Gasteiger partial charge is 0.497 e. The molecule has 3 fully saturated rings. The Morgan fingerprint density at radius 1 is 0.976 bits per heavy atom. The average Bonchev–Trinajstić information content (AvgIpc) is 3.56. The summed E-state index contributed by atoms with van der Waals surface area (Å²) in [4.78, 5) is 46.1. The molecule has 3 saturated heterocycles. The molecule has 0 aliphatic carbocycles. The molecule has 2 atom stereocenters. The van der Waals surface area contributed by atoms with Gasteiger partial charge in [0, 0.05) is 81.9 Å². The fraction of sp³-hybridized carbons (Fsp3) is 0.531. The van der Waals surface area contributed by atoms with Crippen LogP contribution in [0.2, 0.25) is 5.02 Å². The Morgan fingerprint density at radius 3 is 2.33 bits per heavy atom. The van der Waals surface area contributed by atoms with Gasteiger partial charge in [0.2, 0.25) is 5.91 Å².